The lowest BCUT2D eigenvalue weighted by Crippen LogP contribution is -2.19. The lowest BCUT2D eigenvalue weighted by Gasteiger charge is -1.81. The van der Waals surface area contributed by atoms with E-state index >= 15 is 0 Å². The van der Waals surface area contributed by atoms with Gasteiger partial charge in [0.25, 0.3) is 0 Å². The fourth-order valence-electron chi connectivity index (χ4n) is 1.21. The molecule has 2 heteroatoms. The number of furan rings is 1. The first kappa shape index (κ1) is 6.89. The second-order valence-electron chi connectivity index (χ2n) is 2.50. The van der Waals surface area contributed by atoms with E-state index in [2.05, 4.69) is 6.58 Å². The van der Waals surface area contributed by atoms with Gasteiger partial charge in [0, 0.05) is 5.39 Å². The molecule has 1 aromatic carbocycles. The number of hydrogen-bond acceptors (Lipinski definition) is 2. The third-order valence-corrected chi connectivity index (χ3v) is 1.77. The molecule has 1 aromatic heterocycles. The molecule has 12 heavy (non-hydrogen) atoms. The van der Waals surface area contributed by atoms with Crippen LogP contribution in [0.1, 0.15) is 0 Å². The van der Waals surface area contributed by atoms with Crippen molar-refractivity contribution in [3.05, 3.63) is 34.9 Å². The summed E-state index contributed by atoms with van der Waals surface area (Å²) in [6.07, 6.45) is 0. The van der Waals surface area contributed by atoms with E-state index < -0.39 is 0 Å². The monoisotopic (exact) mass is 158 g/mol. The number of hydrogen-bond donors (Lipinski definition) is 0. The Bertz CT molecular complexity index is 545. The molecule has 0 spiro atoms. The summed E-state index contributed by atoms with van der Waals surface area (Å²) < 4.78 is 5.22. The van der Waals surface area contributed by atoms with Crippen molar-refractivity contribution in [1.29, 1.82) is 0 Å². The van der Waals surface area contributed by atoms with Crippen LogP contribution in [0.25, 0.3) is 17.5 Å². The summed E-state index contributed by atoms with van der Waals surface area (Å²) in [5.74, 6) is 1.81. The Morgan fingerprint density at radius 1 is 1.33 bits per heavy atom. The van der Waals surface area contributed by atoms with Gasteiger partial charge in [0.1, 0.15) is 22.2 Å². The van der Waals surface area contributed by atoms with Crippen LogP contribution in [0.5, 0.6) is 0 Å². The summed E-state index contributed by atoms with van der Waals surface area (Å²) in [5.41, 5.74) is 1.06. The minimum Gasteiger partial charge on any atom is -0.456 e. The van der Waals surface area contributed by atoms with Crippen LogP contribution in [-0.4, -0.2) is 5.94 Å². The van der Waals surface area contributed by atoms with Gasteiger partial charge in [0.15, 0.2) is 0 Å². The normalized spacial score (nSPS) is 10.0. The van der Waals surface area contributed by atoms with Crippen LogP contribution < -0.4 is 10.6 Å². The Kier molecular flexibility index (Phi) is 1.36. The SMILES string of the molecule is C=c1oc2ccccc2c1=C=O. The summed E-state index contributed by atoms with van der Waals surface area (Å²) in [4.78, 5) is 10.5. The van der Waals surface area contributed by atoms with E-state index in [4.69, 9.17) is 4.42 Å². The predicted molar refractivity (Wildman–Crippen MR) is 45.8 cm³/mol. The quantitative estimate of drug-likeness (QED) is 0.553. The fourth-order valence-corrected chi connectivity index (χ4v) is 1.21. The molecule has 2 aromatic rings. The molecule has 0 unspecified atom stereocenters. The van der Waals surface area contributed by atoms with Crippen LogP contribution in [0.3, 0.4) is 0 Å². The zero-order valence-electron chi connectivity index (χ0n) is 6.33. The predicted octanol–water partition coefficient (Wildman–Crippen LogP) is 0.346. The van der Waals surface area contributed by atoms with E-state index in [1.807, 2.05) is 24.1 Å². The van der Waals surface area contributed by atoms with Gasteiger partial charge >= 0.3 is 0 Å². The standard InChI is InChI=1S/C10H6O2/c1-7-9(6-11)8-4-2-3-5-10(8)12-7/h2-5H,1H2. The Morgan fingerprint density at radius 2 is 2.08 bits per heavy atom. The second kappa shape index (κ2) is 2.36. The molecule has 0 aliphatic rings. The zero-order chi connectivity index (χ0) is 8.55. The third-order valence-electron chi connectivity index (χ3n) is 1.77. The number of rotatable bonds is 0. The fraction of sp³-hybridized carbons (Fsp3) is 0. The maximum Gasteiger partial charge on any atom is 0.139 e. The molecule has 0 saturated heterocycles. The molecular formula is C10H6O2. The van der Waals surface area contributed by atoms with Crippen molar-refractivity contribution in [2.24, 2.45) is 0 Å². The van der Waals surface area contributed by atoms with Gasteiger partial charge in [-0.05, 0) is 12.1 Å². The van der Waals surface area contributed by atoms with Crippen molar-refractivity contribution in [3.63, 3.8) is 0 Å². The van der Waals surface area contributed by atoms with Gasteiger partial charge in [0.2, 0.25) is 0 Å². The highest BCUT2D eigenvalue weighted by Gasteiger charge is 1.99. The highest BCUT2D eigenvalue weighted by molar-refractivity contribution is 5.81. The zero-order valence-corrected chi connectivity index (χ0v) is 6.33. The average Bonchev–Trinajstić information content (AvgIpc) is 2.40. The van der Waals surface area contributed by atoms with Gasteiger partial charge < -0.3 is 4.42 Å². The van der Waals surface area contributed by atoms with Gasteiger partial charge in [-0.1, -0.05) is 18.7 Å². The maximum absolute atomic E-state index is 10.5. The molecule has 0 N–H and O–H groups in total. The molecule has 0 fully saturated rings. The minimum atomic E-state index is 0.381. The molecule has 2 rings (SSSR count). The first-order valence-electron chi connectivity index (χ1n) is 3.54. The van der Waals surface area contributed by atoms with Crippen LogP contribution in [0.4, 0.5) is 0 Å². The van der Waals surface area contributed by atoms with E-state index in [1.165, 1.54) is 0 Å². The topological polar surface area (TPSA) is 30.2 Å². The molecule has 0 radical (unpaired) electrons. The van der Waals surface area contributed by atoms with Crippen LogP contribution in [0.2, 0.25) is 0 Å². The van der Waals surface area contributed by atoms with E-state index in [0.717, 1.165) is 5.39 Å². The third kappa shape index (κ3) is 0.792. The highest BCUT2D eigenvalue weighted by atomic mass is 16.3. The van der Waals surface area contributed by atoms with E-state index in [9.17, 15) is 4.79 Å². The van der Waals surface area contributed by atoms with Crippen LogP contribution >= 0.6 is 0 Å². The number of para-hydroxylation sites is 1. The molecular weight excluding hydrogens is 152 g/mol. The van der Waals surface area contributed by atoms with E-state index in [-0.39, 0.29) is 0 Å². The van der Waals surface area contributed by atoms with Crippen molar-refractivity contribution in [1.82, 2.24) is 0 Å². The highest BCUT2D eigenvalue weighted by Crippen LogP contribution is 2.05. The van der Waals surface area contributed by atoms with Crippen LogP contribution in [0.15, 0.2) is 28.7 Å². The largest absolute Gasteiger partial charge is 0.456 e. The second-order valence-corrected chi connectivity index (χ2v) is 2.50. The molecule has 58 valence electrons. The van der Waals surface area contributed by atoms with E-state index in [0.29, 0.717) is 16.2 Å². The molecule has 0 aliphatic carbocycles. The van der Waals surface area contributed by atoms with Gasteiger partial charge in [-0.2, -0.15) is 0 Å². The lowest BCUT2D eigenvalue weighted by molar-refractivity contribution is 0.561. The van der Waals surface area contributed by atoms with Crippen molar-refractivity contribution in [3.8, 4) is 0 Å². The number of fused-ring (bicyclic) bond motifs is 1. The summed E-state index contributed by atoms with van der Waals surface area (Å²) >= 11 is 0. The lowest BCUT2D eigenvalue weighted by atomic mass is 10.2. The molecule has 1 heterocycles. The smallest absolute Gasteiger partial charge is 0.139 e. The van der Waals surface area contributed by atoms with Gasteiger partial charge in [-0.25, -0.2) is 4.79 Å². The summed E-state index contributed by atoms with van der Waals surface area (Å²) in [6.45, 7) is 3.60. The first-order chi connectivity index (χ1) is 5.83. The Labute approximate surface area is 68.4 Å². The van der Waals surface area contributed by atoms with E-state index in [1.54, 1.807) is 6.07 Å². The maximum atomic E-state index is 10.5. The molecule has 2 nitrogen and oxygen atoms in total. The molecule has 0 amide bonds. The van der Waals surface area contributed by atoms with Crippen LogP contribution in [0, 0.1) is 0 Å². The molecule has 0 aliphatic heterocycles. The van der Waals surface area contributed by atoms with Gasteiger partial charge in [0.05, 0.1) is 0 Å². The van der Waals surface area contributed by atoms with Crippen molar-refractivity contribution < 1.29 is 9.21 Å². The van der Waals surface area contributed by atoms with Gasteiger partial charge in [-0.3, -0.25) is 0 Å². The first-order valence-corrected chi connectivity index (χ1v) is 3.54. The molecule has 0 saturated carbocycles. The summed E-state index contributed by atoms with van der Waals surface area (Å²) in [6, 6.07) is 7.30. The number of benzene rings is 1. The molecule has 0 atom stereocenters. The van der Waals surface area contributed by atoms with Crippen molar-refractivity contribution in [2.45, 2.75) is 0 Å². The average molecular weight is 158 g/mol. The van der Waals surface area contributed by atoms with Crippen molar-refractivity contribution in [2.75, 3.05) is 0 Å². The minimum absolute atomic E-state index is 0.381. The van der Waals surface area contributed by atoms with Crippen LogP contribution in [-0.2, 0) is 4.79 Å². The molecule has 0 bridgehead atoms. The van der Waals surface area contributed by atoms with Gasteiger partial charge in [-0.15, -0.1) is 0 Å². The number of carbonyl (C=O) groups excluding carboxylic acids is 1. The van der Waals surface area contributed by atoms with Crippen molar-refractivity contribution >= 4 is 23.5 Å². The Morgan fingerprint density at radius 3 is 2.83 bits per heavy atom. The summed E-state index contributed by atoms with van der Waals surface area (Å²) in [7, 11) is 0. The summed E-state index contributed by atoms with van der Waals surface area (Å²) in [5, 5.41) is 1.20. The Balaban J connectivity index is 3.23. The Hall–Kier alpha value is -1.79.